The van der Waals surface area contributed by atoms with Gasteiger partial charge in [0.05, 0.1) is 6.61 Å². The predicted molar refractivity (Wildman–Crippen MR) is 68.7 cm³/mol. The summed E-state index contributed by atoms with van der Waals surface area (Å²) in [5.74, 6) is 1.73. The van der Waals surface area contributed by atoms with Crippen LogP contribution in [0.15, 0.2) is 23.3 Å². The molecule has 0 spiro atoms. The fraction of sp³-hybridized carbons (Fsp3) is 0.500. The maximum Gasteiger partial charge on any atom is 0.217 e. The molecule has 4 heteroatoms. The molecule has 0 radical (unpaired) electrons. The van der Waals surface area contributed by atoms with E-state index in [9.17, 15) is 0 Å². The highest BCUT2D eigenvalue weighted by Crippen LogP contribution is 2.19. The van der Waals surface area contributed by atoms with Gasteiger partial charge in [-0.2, -0.15) is 4.98 Å². The Morgan fingerprint density at radius 2 is 2.25 bits per heavy atom. The van der Waals surface area contributed by atoms with E-state index < -0.39 is 0 Å². The van der Waals surface area contributed by atoms with Crippen LogP contribution in [0.3, 0.4) is 0 Å². The highest BCUT2D eigenvalue weighted by molar-refractivity contribution is 9.10. The zero-order valence-electron chi connectivity index (χ0n) is 9.74. The second-order valence-electron chi connectivity index (χ2n) is 3.82. The van der Waals surface area contributed by atoms with Crippen molar-refractivity contribution in [2.75, 3.05) is 6.61 Å². The van der Waals surface area contributed by atoms with E-state index in [1.165, 1.54) is 0 Å². The lowest BCUT2D eigenvalue weighted by atomic mass is 10.2. The van der Waals surface area contributed by atoms with Crippen LogP contribution in [0.5, 0.6) is 5.88 Å². The second kappa shape index (κ2) is 6.63. The van der Waals surface area contributed by atoms with Gasteiger partial charge < -0.3 is 4.74 Å². The van der Waals surface area contributed by atoms with Gasteiger partial charge in [-0.05, 0) is 28.8 Å². The quantitative estimate of drug-likeness (QED) is 0.454. The van der Waals surface area contributed by atoms with Crippen LogP contribution in [0.1, 0.15) is 38.4 Å². The Labute approximate surface area is 105 Å². The third-order valence-electron chi connectivity index (χ3n) is 2.01. The number of halogens is 1. The molecule has 0 N–H and O–H groups in total. The normalized spacial score (nSPS) is 10.5. The van der Waals surface area contributed by atoms with Gasteiger partial charge in [0.15, 0.2) is 0 Å². The summed E-state index contributed by atoms with van der Waals surface area (Å²) in [5.41, 5.74) is 0. The Morgan fingerprint density at radius 3 is 2.88 bits per heavy atom. The molecule has 1 aromatic heterocycles. The first-order chi connectivity index (χ1) is 7.63. The van der Waals surface area contributed by atoms with Crippen LogP contribution in [-0.4, -0.2) is 16.6 Å². The Morgan fingerprint density at radius 1 is 1.50 bits per heavy atom. The van der Waals surface area contributed by atoms with E-state index in [2.05, 4.69) is 46.3 Å². The van der Waals surface area contributed by atoms with Gasteiger partial charge in [-0.15, -0.1) is 6.58 Å². The number of rotatable bonds is 6. The topological polar surface area (TPSA) is 35.0 Å². The van der Waals surface area contributed by atoms with Crippen molar-refractivity contribution in [2.24, 2.45) is 0 Å². The summed E-state index contributed by atoms with van der Waals surface area (Å²) in [4.78, 5) is 8.63. The van der Waals surface area contributed by atoms with Crippen LogP contribution >= 0.6 is 15.9 Å². The zero-order chi connectivity index (χ0) is 12.0. The maximum atomic E-state index is 5.55. The van der Waals surface area contributed by atoms with Gasteiger partial charge in [0.1, 0.15) is 10.4 Å². The Kier molecular flexibility index (Phi) is 5.46. The summed E-state index contributed by atoms with van der Waals surface area (Å²) < 4.78 is 6.32. The Balaban J connectivity index is 2.61. The van der Waals surface area contributed by atoms with Gasteiger partial charge in [-0.1, -0.05) is 19.9 Å². The van der Waals surface area contributed by atoms with Gasteiger partial charge in [0.25, 0.3) is 0 Å². The zero-order valence-corrected chi connectivity index (χ0v) is 11.3. The minimum atomic E-state index is 0.299. The summed E-state index contributed by atoms with van der Waals surface area (Å²) in [6.45, 7) is 8.45. The molecule has 0 fully saturated rings. The van der Waals surface area contributed by atoms with Crippen molar-refractivity contribution in [3.63, 3.8) is 0 Å². The molecule has 0 saturated heterocycles. The molecular formula is C12H17BrN2O. The molecule has 0 bridgehead atoms. The molecule has 1 heterocycles. The molecule has 88 valence electrons. The van der Waals surface area contributed by atoms with Crippen molar-refractivity contribution in [3.05, 3.63) is 29.1 Å². The van der Waals surface area contributed by atoms with E-state index >= 15 is 0 Å². The average Bonchev–Trinajstić information content (AvgIpc) is 2.23. The lowest BCUT2D eigenvalue weighted by molar-refractivity contribution is 0.298. The van der Waals surface area contributed by atoms with E-state index in [4.69, 9.17) is 4.74 Å². The Hall–Kier alpha value is -0.900. The average molecular weight is 285 g/mol. The molecule has 0 amide bonds. The van der Waals surface area contributed by atoms with E-state index in [0.717, 1.165) is 23.3 Å². The monoisotopic (exact) mass is 284 g/mol. The maximum absolute atomic E-state index is 5.55. The number of allylic oxidation sites excluding steroid dienone is 1. The second-order valence-corrected chi connectivity index (χ2v) is 4.63. The molecule has 0 atom stereocenters. The van der Waals surface area contributed by atoms with Crippen LogP contribution in [0.4, 0.5) is 0 Å². The molecule has 1 aromatic rings. The number of hydrogen-bond donors (Lipinski definition) is 0. The van der Waals surface area contributed by atoms with Crippen molar-refractivity contribution in [1.82, 2.24) is 9.97 Å². The summed E-state index contributed by atoms with van der Waals surface area (Å²) in [6, 6.07) is 1.79. The van der Waals surface area contributed by atoms with Crippen molar-refractivity contribution < 1.29 is 4.74 Å². The minimum Gasteiger partial charge on any atom is -0.478 e. The minimum absolute atomic E-state index is 0.299. The first-order valence-corrected chi connectivity index (χ1v) is 6.21. The fourth-order valence-corrected chi connectivity index (χ4v) is 1.53. The van der Waals surface area contributed by atoms with E-state index in [1.807, 2.05) is 6.08 Å². The van der Waals surface area contributed by atoms with E-state index in [1.54, 1.807) is 6.07 Å². The van der Waals surface area contributed by atoms with Crippen molar-refractivity contribution in [2.45, 2.75) is 32.6 Å². The van der Waals surface area contributed by atoms with Gasteiger partial charge in [0.2, 0.25) is 5.88 Å². The third kappa shape index (κ3) is 4.31. The summed E-state index contributed by atoms with van der Waals surface area (Å²) in [7, 11) is 0. The van der Waals surface area contributed by atoms with Gasteiger partial charge in [-0.3, -0.25) is 0 Å². The lowest BCUT2D eigenvalue weighted by Crippen LogP contribution is -2.03. The number of ether oxygens (including phenoxy) is 1. The van der Waals surface area contributed by atoms with Crippen LogP contribution < -0.4 is 4.74 Å². The van der Waals surface area contributed by atoms with Crippen LogP contribution in [-0.2, 0) is 0 Å². The van der Waals surface area contributed by atoms with Crippen molar-refractivity contribution in [3.8, 4) is 5.88 Å². The standard InChI is InChI=1S/C12H17BrN2O/c1-4-5-6-7-16-11-8-10(13)14-12(15-11)9(2)3/h4,8-9H,1,5-7H2,2-3H3. The fourth-order valence-electron chi connectivity index (χ4n) is 1.15. The molecule has 0 saturated carbocycles. The van der Waals surface area contributed by atoms with E-state index in [-0.39, 0.29) is 0 Å². The van der Waals surface area contributed by atoms with Gasteiger partial charge in [-0.25, -0.2) is 4.98 Å². The summed E-state index contributed by atoms with van der Waals surface area (Å²) in [6.07, 6.45) is 3.81. The lowest BCUT2D eigenvalue weighted by Gasteiger charge is -2.08. The van der Waals surface area contributed by atoms with Crippen LogP contribution in [0.2, 0.25) is 0 Å². The molecule has 16 heavy (non-hydrogen) atoms. The number of unbranched alkanes of at least 4 members (excludes halogenated alkanes) is 1. The molecular weight excluding hydrogens is 268 g/mol. The SMILES string of the molecule is C=CCCCOc1cc(Br)nc(C(C)C)n1. The highest BCUT2D eigenvalue weighted by Gasteiger charge is 2.07. The summed E-state index contributed by atoms with van der Waals surface area (Å²) in [5, 5.41) is 0. The van der Waals surface area contributed by atoms with Crippen molar-refractivity contribution in [1.29, 1.82) is 0 Å². The molecule has 0 aliphatic carbocycles. The molecule has 0 aliphatic heterocycles. The first kappa shape index (κ1) is 13.2. The smallest absolute Gasteiger partial charge is 0.217 e. The third-order valence-corrected chi connectivity index (χ3v) is 2.41. The molecule has 0 unspecified atom stereocenters. The number of nitrogens with zero attached hydrogens (tertiary/aromatic N) is 2. The molecule has 1 rings (SSSR count). The predicted octanol–water partition coefficient (Wildman–Crippen LogP) is 3.71. The van der Waals surface area contributed by atoms with Gasteiger partial charge >= 0.3 is 0 Å². The molecule has 3 nitrogen and oxygen atoms in total. The summed E-state index contributed by atoms with van der Waals surface area (Å²) >= 11 is 3.36. The Bertz CT molecular complexity index is 353. The number of aromatic nitrogens is 2. The van der Waals surface area contributed by atoms with Gasteiger partial charge in [0, 0.05) is 12.0 Å². The van der Waals surface area contributed by atoms with E-state index in [0.29, 0.717) is 18.4 Å². The first-order valence-electron chi connectivity index (χ1n) is 5.41. The van der Waals surface area contributed by atoms with Crippen LogP contribution in [0, 0.1) is 0 Å². The molecule has 0 aliphatic rings. The largest absolute Gasteiger partial charge is 0.478 e. The number of hydrogen-bond acceptors (Lipinski definition) is 3. The highest BCUT2D eigenvalue weighted by atomic mass is 79.9. The van der Waals surface area contributed by atoms with Crippen LogP contribution in [0.25, 0.3) is 0 Å². The van der Waals surface area contributed by atoms with Crippen molar-refractivity contribution >= 4 is 15.9 Å². The molecule has 0 aromatic carbocycles.